The summed E-state index contributed by atoms with van der Waals surface area (Å²) in [5.41, 5.74) is 0. The minimum absolute atomic E-state index is 0.0798. The summed E-state index contributed by atoms with van der Waals surface area (Å²) < 4.78 is 0. The van der Waals surface area contributed by atoms with E-state index in [0.29, 0.717) is 18.6 Å². The van der Waals surface area contributed by atoms with Crippen LogP contribution in [0.25, 0.3) is 0 Å². The van der Waals surface area contributed by atoms with Crippen LogP contribution in [0, 0.1) is 5.92 Å². The third-order valence-corrected chi connectivity index (χ3v) is 2.08. The Morgan fingerprint density at radius 2 is 1.85 bits per heavy atom. The van der Waals surface area contributed by atoms with Crippen molar-refractivity contribution in [3.8, 4) is 0 Å². The van der Waals surface area contributed by atoms with Crippen molar-refractivity contribution in [1.29, 1.82) is 0 Å². The first-order valence-corrected chi connectivity index (χ1v) is 4.76. The topological polar surface area (TPSA) is 74.6 Å². The average Bonchev–Trinajstić information content (AvgIpc) is 2.03. The summed E-state index contributed by atoms with van der Waals surface area (Å²) in [6, 6.07) is 0. The molecule has 0 spiro atoms. The normalized spacial score (nSPS) is 12.4. The maximum atomic E-state index is 10.6. The molecule has 0 aromatic carbocycles. The molecule has 0 unspecified atom stereocenters. The first-order chi connectivity index (χ1) is 6.07. The van der Waals surface area contributed by atoms with Crippen LogP contribution in [0.5, 0.6) is 0 Å². The van der Waals surface area contributed by atoms with E-state index in [4.69, 9.17) is 10.2 Å². The predicted molar refractivity (Wildman–Crippen MR) is 51.1 cm³/mol. The molecular formula is C8H14O4S. The number of thiol groups is 1. The van der Waals surface area contributed by atoms with Crippen LogP contribution < -0.4 is 0 Å². The molecule has 0 fully saturated rings. The van der Waals surface area contributed by atoms with Gasteiger partial charge in [0.2, 0.25) is 0 Å². The second-order valence-corrected chi connectivity index (χ2v) is 3.28. The number of hydrogen-bond donors (Lipinski definition) is 3. The zero-order chi connectivity index (χ0) is 10.3. The lowest BCUT2D eigenvalue weighted by atomic mass is 9.98. The van der Waals surface area contributed by atoms with E-state index in [1.807, 2.05) is 0 Å². The van der Waals surface area contributed by atoms with Gasteiger partial charge in [-0.2, -0.15) is 12.6 Å². The number of rotatable bonds is 7. The number of carboxylic acid groups (broad SMARTS) is 2. The summed E-state index contributed by atoms with van der Waals surface area (Å²) in [4.78, 5) is 20.8. The van der Waals surface area contributed by atoms with Crippen molar-refractivity contribution in [1.82, 2.24) is 0 Å². The molecule has 0 saturated carbocycles. The Labute approximate surface area is 82.4 Å². The molecule has 0 amide bonds. The monoisotopic (exact) mass is 206 g/mol. The van der Waals surface area contributed by atoms with E-state index >= 15 is 0 Å². The van der Waals surface area contributed by atoms with Crippen molar-refractivity contribution in [2.45, 2.75) is 25.7 Å². The molecule has 0 aromatic heterocycles. The lowest BCUT2D eigenvalue weighted by Crippen LogP contribution is -2.15. The standard InChI is InChI=1S/C8H14O4S/c9-7(10)4-3-6(8(11)12)2-1-5-13/h6,13H,1-5H2,(H,9,10)(H,11,12)/t6-/m1/s1. The van der Waals surface area contributed by atoms with Crippen LogP contribution in [0.15, 0.2) is 0 Å². The first kappa shape index (κ1) is 12.3. The molecule has 13 heavy (non-hydrogen) atoms. The van der Waals surface area contributed by atoms with Gasteiger partial charge in [0, 0.05) is 6.42 Å². The highest BCUT2D eigenvalue weighted by Crippen LogP contribution is 2.14. The second kappa shape index (κ2) is 6.77. The fourth-order valence-electron chi connectivity index (χ4n) is 1.03. The van der Waals surface area contributed by atoms with Gasteiger partial charge in [-0.15, -0.1) is 0 Å². The molecule has 0 bridgehead atoms. The summed E-state index contributed by atoms with van der Waals surface area (Å²) in [5.74, 6) is -1.76. The molecule has 0 aliphatic rings. The number of aliphatic carboxylic acids is 2. The summed E-state index contributed by atoms with van der Waals surface area (Å²) in [5, 5.41) is 17.1. The van der Waals surface area contributed by atoms with Gasteiger partial charge in [-0.25, -0.2) is 0 Å². The van der Waals surface area contributed by atoms with Crippen LogP contribution in [0.1, 0.15) is 25.7 Å². The van der Waals surface area contributed by atoms with E-state index in [1.54, 1.807) is 0 Å². The Bertz CT molecular complexity index is 181. The van der Waals surface area contributed by atoms with Crippen molar-refractivity contribution < 1.29 is 19.8 Å². The maximum absolute atomic E-state index is 10.6. The van der Waals surface area contributed by atoms with E-state index in [0.717, 1.165) is 0 Å². The van der Waals surface area contributed by atoms with Crippen LogP contribution >= 0.6 is 12.6 Å². The highest BCUT2D eigenvalue weighted by Gasteiger charge is 2.17. The van der Waals surface area contributed by atoms with Crippen LogP contribution in [-0.2, 0) is 9.59 Å². The highest BCUT2D eigenvalue weighted by molar-refractivity contribution is 7.80. The highest BCUT2D eigenvalue weighted by atomic mass is 32.1. The smallest absolute Gasteiger partial charge is 0.306 e. The zero-order valence-corrected chi connectivity index (χ0v) is 8.17. The van der Waals surface area contributed by atoms with E-state index in [2.05, 4.69) is 12.6 Å². The lowest BCUT2D eigenvalue weighted by Gasteiger charge is -2.09. The molecule has 5 heteroatoms. The van der Waals surface area contributed by atoms with Gasteiger partial charge in [0.15, 0.2) is 0 Å². The van der Waals surface area contributed by atoms with E-state index in [1.165, 1.54) is 0 Å². The van der Waals surface area contributed by atoms with Crippen molar-refractivity contribution >= 4 is 24.6 Å². The molecule has 0 radical (unpaired) electrons. The van der Waals surface area contributed by atoms with Gasteiger partial charge >= 0.3 is 11.9 Å². The second-order valence-electron chi connectivity index (χ2n) is 2.83. The molecule has 0 saturated heterocycles. The van der Waals surface area contributed by atoms with E-state index < -0.39 is 17.9 Å². The fraction of sp³-hybridized carbons (Fsp3) is 0.750. The lowest BCUT2D eigenvalue weighted by molar-refractivity contribution is -0.143. The Balaban J connectivity index is 3.80. The largest absolute Gasteiger partial charge is 0.481 e. The molecule has 76 valence electrons. The first-order valence-electron chi connectivity index (χ1n) is 4.13. The zero-order valence-electron chi connectivity index (χ0n) is 7.27. The van der Waals surface area contributed by atoms with Crippen LogP contribution in [-0.4, -0.2) is 27.9 Å². The SMILES string of the molecule is O=C(O)CC[C@@H](CCCS)C(=O)O. The van der Waals surface area contributed by atoms with Crippen LogP contribution in [0.4, 0.5) is 0 Å². The average molecular weight is 206 g/mol. The van der Waals surface area contributed by atoms with Gasteiger partial charge in [-0.3, -0.25) is 9.59 Å². The minimum Gasteiger partial charge on any atom is -0.481 e. The van der Waals surface area contributed by atoms with Crippen LogP contribution in [0.2, 0.25) is 0 Å². The predicted octanol–water partition coefficient (Wildman–Crippen LogP) is 1.26. The van der Waals surface area contributed by atoms with Gasteiger partial charge in [-0.05, 0) is 25.0 Å². The Kier molecular flexibility index (Phi) is 6.40. The Morgan fingerprint density at radius 1 is 1.23 bits per heavy atom. The molecule has 2 N–H and O–H groups in total. The van der Waals surface area contributed by atoms with Crippen molar-refractivity contribution in [2.24, 2.45) is 5.92 Å². The van der Waals surface area contributed by atoms with Crippen molar-refractivity contribution in [2.75, 3.05) is 5.75 Å². The molecule has 1 atom stereocenters. The Hall–Kier alpha value is -0.710. The number of carboxylic acids is 2. The third kappa shape index (κ3) is 6.45. The van der Waals surface area contributed by atoms with Crippen molar-refractivity contribution in [3.63, 3.8) is 0 Å². The molecule has 0 heterocycles. The van der Waals surface area contributed by atoms with Gasteiger partial charge in [-0.1, -0.05) is 0 Å². The van der Waals surface area contributed by atoms with Gasteiger partial charge in [0.1, 0.15) is 0 Å². The van der Waals surface area contributed by atoms with Gasteiger partial charge in [0.25, 0.3) is 0 Å². The van der Waals surface area contributed by atoms with E-state index in [9.17, 15) is 9.59 Å². The number of carbonyl (C=O) groups is 2. The fourth-order valence-corrected chi connectivity index (χ4v) is 1.21. The molecule has 0 rings (SSSR count). The quantitative estimate of drug-likeness (QED) is 0.548. The summed E-state index contributed by atoms with van der Waals surface area (Å²) in [6.07, 6.45) is 1.34. The molecule has 0 aliphatic carbocycles. The maximum Gasteiger partial charge on any atom is 0.306 e. The summed E-state index contributed by atoms with van der Waals surface area (Å²) >= 11 is 3.96. The van der Waals surface area contributed by atoms with E-state index in [-0.39, 0.29) is 12.8 Å². The third-order valence-electron chi connectivity index (χ3n) is 1.77. The van der Waals surface area contributed by atoms with Gasteiger partial charge < -0.3 is 10.2 Å². The van der Waals surface area contributed by atoms with Crippen LogP contribution in [0.3, 0.4) is 0 Å². The summed E-state index contributed by atoms with van der Waals surface area (Å²) in [6.45, 7) is 0. The summed E-state index contributed by atoms with van der Waals surface area (Å²) in [7, 11) is 0. The minimum atomic E-state index is -0.947. The van der Waals surface area contributed by atoms with Gasteiger partial charge in [0.05, 0.1) is 5.92 Å². The molecular weight excluding hydrogens is 192 g/mol. The Morgan fingerprint density at radius 3 is 2.23 bits per heavy atom. The number of hydrogen-bond acceptors (Lipinski definition) is 3. The van der Waals surface area contributed by atoms with Crippen molar-refractivity contribution in [3.05, 3.63) is 0 Å². The molecule has 4 nitrogen and oxygen atoms in total. The molecule has 0 aliphatic heterocycles. The molecule has 0 aromatic rings.